The molecule has 0 radical (unpaired) electrons. The van der Waals surface area contributed by atoms with Crippen LogP contribution in [0, 0.1) is 0 Å². The van der Waals surface area contributed by atoms with Crippen molar-refractivity contribution in [3.8, 4) is 11.5 Å². The molecule has 0 saturated heterocycles. The summed E-state index contributed by atoms with van der Waals surface area (Å²) in [6.07, 6.45) is -4.46. The van der Waals surface area contributed by atoms with Gasteiger partial charge in [-0.1, -0.05) is 60.7 Å². The second-order valence-corrected chi connectivity index (χ2v) is 11.6. The standard InChI is InChI=1S/C40H37F3N2O3/c1-4-44(5-2)29-19-21-34-37(25-29)48-36-22-20-31(45(6-3)30-16-12-15-28(23-30)40(41,42)43)24-35(36)38(34)32-17-10-11-18-33(32)39(46)47-26-27-13-8-7-9-14-27/h7-25,38H,4-6,26H2,1-3H3. The summed E-state index contributed by atoms with van der Waals surface area (Å²) in [5.74, 6) is 0.428. The van der Waals surface area contributed by atoms with Gasteiger partial charge in [-0.25, -0.2) is 4.79 Å². The first kappa shape index (κ1) is 32.7. The molecule has 1 atom stereocenters. The summed E-state index contributed by atoms with van der Waals surface area (Å²) in [7, 11) is 0. The molecule has 5 aromatic rings. The Kier molecular flexibility index (Phi) is 9.44. The van der Waals surface area contributed by atoms with Crippen molar-refractivity contribution in [3.05, 3.63) is 149 Å². The fourth-order valence-electron chi connectivity index (χ4n) is 6.38. The maximum absolute atomic E-state index is 13.7. The average molecular weight is 651 g/mol. The Bertz CT molecular complexity index is 1900. The van der Waals surface area contributed by atoms with Crippen molar-refractivity contribution in [2.24, 2.45) is 0 Å². The SMILES string of the molecule is CCN(CC)c1ccc2c(c1)Oc1ccc(N(CC)c3cccc(C(F)(F)F)c3)cc1C2c1ccccc1C(=O)OCc1ccccc1. The van der Waals surface area contributed by atoms with E-state index in [0.29, 0.717) is 35.0 Å². The molecular formula is C40H37F3N2O3. The normalized spacial score (nSPS) is 13.6. The van der Waals surface area contributed by atoms with E-state index in [1.807, 2.05) is 90.7 Å². The fourth-order valence-corrected chi connectivity index (χ4v) is 6.38. The van der Waals surface area contributed by atoms with Crippen LogP contribution in [0.2, 0.25) is 0 Å². The maximum Gasteiger partial charge on any atom is 0.416 e. The van der Waals surface area contributed by atoms with E-state index < -0.39 is 23.6 Å². The quantitative estimate of drug-likeness (QED) is 0.138. The number of hydrogen-bond acceptors (Lipinski definition) is 5. The minimum absolute atomic E-state index is 0.134. The molecule has 5 nitrogen and oxygen atoms in total. The molecule has 1 aliphatic rings. The fraction of sp³-hybridized carbons (Fsp3) is 0.225. The van der Waals surface area contributed by atoms with Gasteiger partial charge in [-0.2, -0.15) is 13.2 Å². The molecule has 1 aliphatic heterocycles. The summed E-state index contributed by atoms with van der Waals surface area (Å²) in [5, 5.41) is 0. The predicted octanol–water partition coefficient (Wildman–Crippen LogP) is 10.4. The Morgan fingerprint density at radius 2 is 1.40 bits per heavy atom. The van der Waals surface area contributed by atoms with Crippen molar-refractivity contribution in [2.75, 3.05) is 29.4 Å². The van der Waals surface area contributed by atoms with E-state index in [2.05, 4.69) is 24.8 Å². The second-order valence-electron chi connectivity index (χ2n) is 11.6. The highest BCUT2D eigenvalue weighted by Crippen LogP contribution is 2.50. The molecule has 1 heterocycles. The van der Waals surface area contributed by atoms with Gasteiger partial charge in [0.15, 0.2) is 0 Å². The van der Waals surface area contributed by atoms with E-state index >= 15 is 0 Å². The third-order valence-electron chi connectivity index (χ3n) is 8.78. The monoisotopic (exact) mass is 650 g/mol. The Balaban J connectivity index is 1.46. The minimum atomic E-state index is -4.46. The molecule has 48 heavy (non-hydrogen) atoms. The zero-order valence-electron chi connectivity index (χ0n) is 27.1. The molecule has 0 fully saturated rings. The van der Waals surface area contributed by atoms with Gasteiger partial charge in [0.25, 0.3) is 0 Å². The molecule has 0 amide bonds. The van der Waals surface area contributed by atoms with Gasteiger partial charge >= 0.3 is 12.1 Å². The summed E-state index contributed by atoms with van der Waals surface area (Å²) >= 11 is 0. The highest BCUT2D eigenvalue weighted by molar-refractivity contribution is 5.92. The Labute approximate surface area is 279 Å². The van der Waals surface area contributed by atoms with Crippen molar-refractivity contribution >= 4 is 23.0 Å². The molecule has 1 unspecified atom stereocenters. The van der Waals surface area contributed by atoms with E-state index in [1.54, 1.807) is 12.1 Å². The summed E-state index contributed by atoms with van der Waals surface area (Å²) in [5.41, 5.74) is 5.18. The summed E-state index contributed by atoms with van der Waals surface area (Å²) in [4.78, 5) is 17.8. The Hall–Kier alpha value is -5.24. The molecule has 6 rings (SSSR count). The van der Waals surface area contributed by atoms with Crippen molar-refractivity contribution < 1.29 is 27.4 Å². The van der Waals surface area contributed by atoms with Crippen molar-refractivity contribution in [1.82, 2.24) is 0 Å². The second kappa shape index (κ2) is 13.9. The van der Waals surface area contributed by atoms with Crippen molar-refractivity contribution in [3.63, 3.8) is 0 Å². The Morgan fingerprint density at radius 3 is 2.12 bits per heavy atom. The number of alkyl halides is 3. The summed E-state index contributed by atoms with van der Waals surface area (Å²) < 4.78 is 53.3. The van der Waals surface area contributed by atoms with Crippen LogP contribution in [-0.4, -0.2) is 25.6 Å². The van der Waals surface area contributed by atoms with Gasteiger partial charge in [-0.3, -0.25) is 0 Å². The predicted molar refractivity (Wildman–Crippen MR) is 184 cm³/mol. The number of carbonyl (C=O) groups is 1. The number of carbonyl (C=O) groups excluding carboxylic acids is 1. The van der Waals surface area contributed by atoms with E-state index in [9.17, 15) is 18.0 Å². The molecule has 0 aromatic heterocycles. The van der Waals surface area contributed by atoms with Crippen LogP contribution in [0.3, 0.4) is 0 Å². The number of nitrogens with zero attached hydrogens (tertiary/aromatic N) is 2. The van der Waals surface area contributed by atoms with E-state index in [0.717, 1.165) is 47.1 Å². The molecular weight excluding hydrogens is 613 g/mol. The first-order valence-corrected chi connectivity index (χ1v) is 16.2. The van der Waals surface area contributed by atoms with E-state index in [1.165, 1.54) is 12.1 Å². The topological polar surface area (TPSA) is 42.0 Å². The lowest BCUT2D eigenvalue weighted by Gasteiger charge is -2.33. The van der Waals surface area contributed by atoms with Crippen LogP contribution in [0.4, 0.5) is 30.2 Å². The number of halogens is 3. The van der Waals surface area contributed by atoms with E-state index in [4.69, 9.17) is 9.47 Å². The molecule has 0 aliphatic carbocycles. The van der Waals surface area contributed by atoms with Crippen LogP contribution < -0.4 is 14.5 Å². The van der Waals surface area contributed by atoms with Crippen LogP contribution in [0.15, 0.2) is 115 Å². The third-order valence-corrected chi connectivity index (χ3v) is 8.78. The average Bonchev–Trinajstić information content (AvgIpc) is 3.10. The smallest absolute Gasteiger partial charge is 0.416 e. The lowest BCUT2D eigenvalue weighted by molar-refractivity contribution is -0.137. The minimum Gasteiger partial charge on any atom is -0.457 e. The Morgan fingerprint density at radius 1 is 0.688 bits per heavy atom. The van der Waals surface area contributed by atoms with Crippen LogP contribution in [-0.2, 0) is 17.5 Å². The molecule has 5 aromatic carbocycles. The van der Waals surface area contributed by atoms with Gasteiger partial charge in [-0.05, 0) is 80.4 Å². The van der Waals surface area contributed by atoms with Crippen LogP contribution in [0.25, 0.3) is 0 Å². The zero-order valence-corrected chi connectivity index (χ0v) is 27.1. The van der Waals surface area contributed by atoms with Gasteiger partial charge in [0, 0.05) is 59.8 Å². The van der Waals surface area contributed by atoms with E-state index in [-0.39, 0.29) is 6.61 Å². The van der Waals surface area contributed by atoms with Crippen LogP contribution in [0.5, 0.6) is 11.5 Å². The van der Waals surface area contributed by atoms with Gasteiger partial charge in [-0.15, -0.1) is 0 Å². The highest BCUT2D eigenvalue weighted by atomic mass is 19.4. The number of benzene rings is 5. The highest BCUT2D eigenvalue weighted by Gasteiger charge is 2.34. The molecule has 0 bridgehead atoms. The number of anilines is 3. The molecule has 0 saturated carbocycles. The van der Waals surface area contributed by atoms with Crippen LogP contribution >= 0.6 is 0 Å². The first-order chi connectivity index (χ1) is 23.2. The van der Waals surface area contributed by atoms with Gasteiger partial charge in [0.1, 0.15) is 18.1 Å². The molecule has 246 valence electrons. The summed E-state index contributed by atoms with van der Waals surface area (Å²) in [6.45, 7) is 8.33. The number of esters is 1. The summed E-state index contributed by atoms with van der Waals surface area (Å²) in [6, 6.07) is 34.1. The third kappa shape index (κ3) is 6.61. The van der Waals surface area contributed by atoms with Crippen molar-refractivity contribution in [1.29, 1.82) is 0 Å². The zero-order chi connectivity index (χ0) is 33.8. The van der Waals surface area contributed by atoms with Gasteiger partial charge in [0.05, 0.1) is 11.1 Å². The van der Waals surface area contributed by atoms with Crippen LogP contribution in [0.1, 0.15) is 64.9 Å². The number of hydrogen-bond donors (Lipinski definition) is 0. The lowest BCUT2D eigenvalue weighted by atomic mass is 9.80. The number of fused-ring (bicyclic) bond motifs is 2. The molecule has 0 spiro atoms. The molecule has 8 heteroatoms. The number of ether oxygens (including phenoxy) is 2. The van der Waals surface area contributed by atoms with Gasteiger partial charge in [0.2, 0.25) is 0 Å². The maximum atomic E-state index is 13.7. The largest absolute Gasteiger partial charge is 0.457 e. The molecule has 0 N–H and O–H groups in total. The lowest BCUT2D eigenvalue weighted by Crippen LogP contribution is -2.22. The van der Waals surface area contributed by atoms with Gasteiger partial charge < -0.3 is 19.3 Å². The number of rotatable bonds is 10. The van der Waals surface area contributed by atoms with Crippen molar-refractivity contribution in [2.45, 2.75) is 39.5 Å². The first-order valence-electron chi connectivity index (χ1n) is 16.2.